The van der Waals surface area contributed by atoms with E-state index in [-0.39, 0.29) is 0 Å². The molecule has 1 N–H and O–H groups in total. The average molecular weight is 181 g/mol. The van der Waals surface area contributed by atoms with Crippen molar-refractivity contribution in [3.05, 3.63) is 0 Å². The fourth-order valence-electron chi connectivity index (χ4n) is 3.36. The van der Waals surface area contributed by atoms with Gasteiger partial charge in [0.15, 0.2) is 0 Å². The molecule has 2 nitrogen and oxygen atoms in total. The number of hydrogen-bond donors (Lipinski definition) is 1. The van der Waals surface area contributed by atoms with E-state index in [1.165, 1.54) is 38.6 Å². The standard InChI is InChI=1S/C11H19NO/c1-5-11(12-6-1,9-2-3-9)10-4-7-13-8-10/h9-10,12H,1-8H2. The van der Waals surface area contributed by atoms with Crippen molar-refractivity contribution in [1.82, 2.24) is 5.32 Å². The molecule has 2 aliphatic heterocycles. The summed E-state index contributed by atoms with van der Waals surface area (Å²) in [5.41, 5.74) is 0.510. The van der Waals surface area contributed by atoms with Gasteiger partial charge in [-0.05, 0) is 44.6 Å². The zero-order valence-corrected chi connectivity index (χ0v) is 8.22. The summed E-state index contributed by atoms with van der Waals surface area (Å²) in [7, 11) is 0. The van der Waals surface area contributed by atoms with E-state index in [0.717, 1.165) is 25.0 Å². The molecule has 0 bridgehead atoms. The third kappa shape index (κ3) is 1.23. The van der Waals surface area contributed by atoms with E-state index in [4.69, 9.17) is 4.74 Å². The molecule has 0 aromatic carbocycles. The third-order valence-corrected chi connectivity index (χ3v) is 4.19. The highest BCUT2D eigenvalue weighted by molar-refractivity contribution is 5.08. The molecule has 0 aromatic rings. The summed E-state index contributed by atoms with van der Waals surface area (Å²) in [6, 6.07) is 0. The van der Waals surface area contributed by atoms with Crippen LogP contribution in [0, 0.1) is 11.8 Å². The number of nitrogens with one attached hydrogen (secondary N) is 1. The molecule has 3 fully saturated rings. The van der Waals surface area contributed by atoms with Crippen LogP contribution in [0.15, 0.2) is 0 Å². The van der Waals surface area contributed by atoms with E-state index in [2.05, 4.69) is 5.32 Å². The van der Waals surface area contributed by atoms with Crippen LogP contribution in [0.1, 0.15) is 32.1 Å². The summed E-state index contributed by atoms with van der Waals surface area (Å²) in [4.78, 5) is 0. The van der Waals surface area contributed by atoms with Crippen molar-refractivity contribution in [3.8, 4) is 0 Å². The second-order valence-electron chi connectivity index (χ2n) is 4.91. The third-order valence-electron chi connectivity index (χ3n) is 4.19. The second-order valence-corrected chi connectivity index (χ2v) is 4.91. The first-order valence-electron chi connectivity index (χ1n) is 5.74. The minimum Gasteiger partial charge on any atom is -0.381 e. The lowest BCUT2D eigenvalue weighted by molar-refractivity contribution is 0.142. The van der Waals surface area contributed by atoms with Crippen LogP contribution >= 0.6 is 0 Å². The Kier molecular flexibility index (Phi) is 1.88. The minimum absolute atomic E-state index is 0.510. The Balaban J connectivity index is 1.80. The molecule has 2 heteroatoms. The Morgan fingerprint density at radius 2 is 2.08 bits per heavy atom. The van der Waals surface area contributed by atoms with Gasteiger partial charge in [-0.3, -0.25) is 0 Å². The molecule has 2 saturated heterocycles. The molecule has 0 aromatic heterocycles. The molecule has 1 saturated carbocycles. The quantitative estimate of drug-likeness (QED) is 0.698. The summed E-state index contributed by atoms with van der Waals surface area (Å²) in [5.74, 6) is 1.81. The summed E-state index contributed by atoms with van der Waals surface area (Å²) >= 11 is 0. The van der Waals surface area contributed by atoms with Gasteiger partial charge >= 0.3 is 0 Å². The van der Waals surface area contributed by atoms with Crippen LogP contribution in [0.4, 0.5) is 0 Å². The van der Waals surface area contributed by atoms with Gasteiger partial charge in [-0.1, -0.05) is 0 Å². The molecule has 74 valence electrons. The molecule has 2 atom stereocenters. The Hall–Kier alpha value is -0.0800. The summed E-state index contributed by atoms with van der Waals surface area (Å²) < 4.78 is 5.53. The predicted octanol–water partition coefficient (Wildman–Crippen LogP) is 1.56. The minimum atomic E-state index is 0.510. The monoisotopic (exact) mass is 181 g/mol. The van der Waals surface area contributed by atoms with Crippen molar-refractivity contribution < 1.29 is 4.74 Å². The van der Waals surface area contributed by atoms with Gasteiger partial charge in [-0.25, -0.2) is 0 Å². The molecule has 2 unspecified atom stereocenters. The molecule has 3 rings (SSSR count). The van der Waals surface area contributed by atoms with E-state index in [1.807, 2.05) is 0 Å². The smallest absolute Gasteiger partial charge is 0.0512 e. The van der Waals surface area contributed by atoms with Gasteiger partial charge in [0.2, 0.25) is 0 Å². The van der Waals surface area contributed by atoms with Crippen LogP contribution in [0.5, 0.6) is 0 Å². The molecule has 0 amide bonds. The van der Waals surface area contributed by atoms with E-state index in [9.17, 15) is 0 Å². The first kappa shape index (κ1) is 8.25. The molecule has 1 aliphatic carbocycles. The van der Waals surface area contributed by atoms with Gasteiger partial charge in [0.1, 0.15) is 0 Å². The fraction of sp³-hybridized carbons (Fsp3) is 1.00. The summed E-state index contributed by atoms with van der Waals surface area (Å²) in [6.07, 6.45) is 7.01. The summed E-state index contributed by atoms with van der Waals surface area (Å²) in [6.45, 7) is 3.26. The Bertz CT molecular complexity index is 188. The van der Waals surface area contributed by atoms with Crippen LogP contribution in [-0.2, 0) is 4.74 Å². The largest absolute Gasteiger partial charge is 0.381 e. The molecule has 0 spiro atoms. The first-order valence-corrected chi connectivity index (χ1v) is 5.74. The van der Waals surface area contributed by atoms with Crippen molar-refractivity contribution in [2.45, 2.75) is 37.6 Å². The van der Waals surface area contributed by atoms with Gasteiger partial charge in [0.05, 0.1) is 6.61 Å². The van der Waals surface area contributed by atoms with Crippen LogP contribution in [0.2, 0.25) is 0 Å². The second kappa shape index (κ2) is 2.96. The maximum absolute atomic E-state index is 5.53. The number of rotatable bonds is 2. The molecule has 0 radical (unpaired) electrons. The highest BCUT2D eigenvalue weighted by atomic mass is 16.5. The molecular weight excluding hydrogens is 162 g/mol. The van der Waals surface area contributed by atoms with E-state index >= 15 is 0 Å². The average Bonchev–Trinajstić information content (AvgIpc) is 2.73. The normalized spacial score (nSPS) is 45.7. The van der Waals surface area contributed by atoms with Crippen LogP contribution in [0.25, 0.3) is 0 Å². The maximum Gasteiger partial charge on any atom is 0.0512 e. The van der Waals surface area contributed by atoms with Gasteiger partial charge in [-0.15, -0.1) is 0 Å². The highest BCUT2D eigenvalue weighted by Crippen LogP contribution is 2.49. The zero-order valence-electron chi connectivity index (χ0n) is 8.22. The Morgan fingerprint density at radius 1 is 1.15 bits per heavy atom. The number of hydrogen-bond acceptors (Lipinski definition) is 2. The lowest BCUT2D eigenvalue weighted by Crippen LogP contribution is -2.49. The zero-order chi connectivity index (χ0) is 8.73. The van der Waals surface area contributed by atoms with Crippen molar-refractivity contribution in [2.24, 2.45) is 11.8 Å². The lowest BCUT2D eigenvalue weighted by atomic mass is 9.78. The SMILES string of the molecule is C1CNC(C2CC2)(C2CCOC2)C1. The molecule has 3 aliphatic rings. The van der Waals surface area contributed by atoms with E-state index in [0.29, 0.717) is 5.54 Å². The topological polar surface area (TPSA) is 21.3 Å². The molecular formula is C11H19NO. The summed E-state index contributed by atoms with van der Waals surface area (Å²) in [5, 5.41) is 3.79. The van der Waals surface area contributed by atoms with Crippen LogP contribution in [0.3, 0.4) is 0 Å². The predicted molar refractivity (Wildman–Crippen MR) is 51.6 cm³/mol. The van der Waals surface area contributed by atoms with E-state index < -0.39 is 0 Å². The first-order chi connectivity index (χ1) is 6.42. The van der Waals surface area contributed by atoms with Crippen LogP contribution in [-0.4, -0.2) is 25.3 Å². The van der Waals surface area contributed by atoms with Crippen molar-refractivity contribution in [3.63, 3.8) is 0 Å². The van der Waals surface area contributed by atoms with Crippen molar-refractivity contribution in [1.29, 1.82) is 0 Å². The van der Waals surface area contributed by atoms with Gasteiger partial charge < -0.3 is 10.1 Å². The number of ether oxygens (including phenoxy) is 1. The fourth-order valence-corrected chi connectivity index (χ4v) is 3.36. The van der Waals surface area contributed by atoms with Crippen LogP contribution < -0.4 is 5.32 Å². The van der Waals surface area contributed by atoms with Gasteiger partial charge in [0.25, 0.3) is 0 Å². The van der Waals surface area contributed by atoms with Gasteiger partial charge in [-0.2, -0.15) is 0 Å². The molecule has 13 heavy (non-hydrogen) atoms. The Morgan fingerprint density at radius 3 is 2.62 bits per heavy atom. The lowest BCUT2D eigenvalue weighted by Gasteiger charge is -2.35. The van der Waals surface area contributed by atoms with Crippen molar-refractivity contribution >= 4 is 0 Å². The van der Waals surface area contributed by atoms with E-state index in [1.54, 1.807) is 0 Å². The Labute approximate surface area is 80.0 Å². The maximum atomic E-state index is 5.53. The molecule has 2 heterocycles. The van der Waals surface area contributed by atoms with Crippen molar-refractivity contribution in [2.75, 3.05) is 19.8 Å². The van der Waals surface area contributed by atoms with Gasteiger partial charge in [0, 0.05) is 18.1 Å². The highest BCUT2D eigenvalue weighted by Gasteiger charge is 2.52.